The Hall–Kier alpha value is -0.610. The van der Waals surface area contributed by atoms with Crippen molar-refractivity contribution in [2.24, 2.45) is 5.41 Å². The molecule has 0 saturated heterocycles. The van der Waals surface area contributed by atoms with Gasteiger partial charge in [-0.1, -0.05) is 27.5 Å². The molecule has 1 N–H and O–H groups in total. The average Bonchev–Trinajstić information content (AvgIpc) is 2.18. The molecule has 0 aliphatic rings. The Morgan fingerprint density at radius 2 is 2.12 bits per heavy atom. The van der Waals surface area contributed by atoms with Crippen LogP contribution in [0.5, 0.6) is 0 Å². The zero-order valence-corrected chi connectivity index (χ0v) is 11.2. The first-order valence-corrected chi connectivity index (χ1v) is 5.78. The molecule has 1 aromatic carbocycles. The maximum absolute atomic E-state index is 13.7. The average molecular weight is 310 g/mol. The van der Waals surface area contributed by atoms with Crippen molar-refractivity contribution in [1.29, 1.82) is 0 Å². The monoisotopic (exact) mass is 308 g/mol. The number of carboxylic acids is 1. The van der Waals surface area contributed by atoms with Crippen LogP contribution in [0.4, 0.5) is 4.39 Å². The summed E-state index contributed by atoms with van der Waals surface area (Å²) in [5.41, 5.74) is -0.742. The molecule has 0 radical (unpaired) electrons. The predicted octanol–water partition coefficient (Wildman–Crippen LogP) is 3.89. The highest BCUT2D eigenvalue weighted by molar-refractivity contribution is 9.10. The number of aliphatic carboxylic acids is 1. The molecular weight excluding hydrogens is 298 g/mol. The SMILES string of the molecule is CC(C)(Cc1c(Br)ccc(Cl)c1F)C(=O)O. The molecule has 0 unspecified atom stereocenters. The minimum Gasteiger partial charge on any atom is -0.481 e. The van der Waals surface area contributed by atoms with Crippen LogP contribution < -0.4 is 0 Å². The van der Waals surface area contributed by atoms with Gasteiger partial charge in [0.05, 0.1) is 10.4 Å². The van der Waals surface area contributed by atoms with Crippen LogP contribution in [0.1, 0.15) is 19.4 Å². The molecule has 1 rings (SSSR count). The zero-order chi connectivity index (χ0) is 12.5. The molecule has 0 fully saturated rings. The molecule has 0 aromatic heterocycles. The first kappa shape index (κ1) is 13.5. The summed E-state index contributed by atoms with van der Waals surface area (Å²) >= 11 is 8.84. The molecule has 1 aromatic rings. The molecule has 88 valence electrons. The van der Waals surface area contributed by atoms with Crippen molar-refractivity contribution in [1.82, 2.24) is 0 Å². The molecule has 2 nitrogen and oxygen atoms in total. The largest absolute Gasteiger partial charge is 0.481 e. The zero-order valence-electron chi connectivity index (χ0n) is 8.85. The molecular formula is C11H11BrClFO2. The highest BCUT2D eigenvalue weighted by atomic mass is 79.9. The van der Waals surface area contributed by atoms with Crippen molar-refractivity contribution in [3.63, 3.8) is 0 Å². The fourth-order valence-corrected chi connectivity index (χ4v) is 1.87. The molecule has 0 aliphatic carbocycles. The van der Waals surface area contributed by atoms with Crippen molar-refractivity contribution in [2.75, 3.05) is 0 Å². The van der Waals surface area contributed by atoms with Crippen molar-refractivity contribution >= 4 is 33.5 Å². The van der Waals surface area contributed by atoms with Crippen LogP contribution in [0.15, 0.2) is 16.6 Å². The van der Waals surface area contributed by atoms with Crippen molar-refractivity contribution < 1.29 is 14.3 Å². The van der Waals surface area contributed by atoms with Crippen LogP contribution in [0.3, 0.4) is 0 Å². The van der Waals surface area contributed by atoms with Crippen molar-refractivity contribution in [3.8, 4) is 0 Å². The Kier molecular flexibility index (Phi) is 3.97. The standard InChI is InChI=1S/C11H11BrClFO2/c1-11(2,10(15)16)5-6-7(12)3-4-8(13)9(6)14/h3-4H,5H2,1-2H3,(H,15,16). The highest BCUT2D eigenvalue weighted by Crippen LogP contribution is 2.31. The molecule has 0 saturated carbocycles. The van der Waals surface area contributed by atoms with E-state index in [2.05, 4.69) is 15.9 Å². The predicted molar refractivity (Wildman–Crippen MR) is 64.2 cm³/mol. The molecule has 0 aliphatic heterocycles. The molecule has 5 heteroatoms. The minimum atomic E-state index is -1.03. The third-order valence-electron chi connectivity index (χ3n) is 2.34. The summed E-state index contributed by atoms with van der Waals surface area (Å²) in [6.45, 7) is 3.09. The summed E-state index contributed by atoms with van der Waals surface area (Å²) in [5.74, 6) is -1.54. The number of halogens is 3. The van der Waals surface area contributed by atoms with E-state index < -0.39 is 17.2 Å². The third-order valence-corrected chi connectivity index (χ3v) is 3.37. The van der Waals surface area contributed by atoms with E-state index in [1.54, 1.807) is 19.9 Å². The van der Waals surface area contributed by atoms with E-state index in [0.717, 1.165) is 0 Å². The van der Waals surface area contributed by atoms with Crippen LogP contribution >= 0.6 is 27.5 Å². The molecule has 0 spiro atoms. The minimum absolute atomic E-state index is 0.000566. The Bertz CT molecular complexity index is 432. The second-order valence-corrected chi connectivity index (χ2v) is 5.45. The van der Waals surface area contributed by atoms with Gasteiger partial charge in [-0.25, -0.2) is 4.39 Å². The van der Waals surface area contributed by atoms with Gasteiger partial charge in [-0.3, -0.25) is 4.79 Å². The summed E-state index contributed by atoms with van der Waals surface area (Å²) in [6, 6.07) is 3.04. The molecule has 0 amide bonds. The van der Waals surface area contributed by atoms with E-state index in [1.165, 1.54) is 6.07 Å². The van der Waals surface area contributed by atoms with Gasteiger partial charge in [-0.15, -0.1) is 0 Å². The maximum Gasteiger partial charge on any atom is 0.309 e. The van der Waals surface area contributed by atoms with Gasteiger partial charge < -0.3 is 5.11 Å². The summed E-state index contributed by atoms with van der Waals surface area (Å²) in [4.78, 5) is 11.0. The lowest BCUT2D eigenvalue weighted by molar-refractivity contribution is -0.146. The lowest BCUT2D eigenvalue weighted by Gasteiger charge is -2.20. The van der Waals surface area contributed by atoms with Crippen LogP contribution in [-0.2, 0) is 11.2 Å². The topological polar surface area (TPSA) is 37.3 Å². The Balaban J connectivity index is 3.15. The second-order valence-electron chi connectivity index (χ2n) is 4.19. The lowest BCUT2D eigenvalue weighted by atomic mass is 9.86. The highest BCUT2D eigenvalue weighted by Gasteiger charge is 2.30. The first-order valence-electron chi connectivity index (χ1n) is 4.61. The van der Waals surface area contributed by atoms with E-state index in [-0.39, 0.29) is 11.4 Å². The summed E-state index contributed by atoms with van der Waals surface area (Å²) < 4.78 is 14.2. The normalized spacial score (nSPS) is 11.6. The molecule has 0 heterocycles. The third kappa shape index (κ3) is 2.74. The first-order chi connectivity index (χ1) is 7.25. The number of hydrogen-bond acceptors (Lipinski definition) is 1. The molecule has 16 heavy (non-hydrogen) atoms. The number of carbonyl (C=O) groups is 1. The number of benzene rings is 1. The van der Waals surface area contributed by atoms with E-state index >= 15 is 0 Å². The van der Waals surface area contributed by atoms with Crippen LogP contribution in [0.2, 0.25) is 5.02 Å². The smallest absolute Gasteiger partial charge is 0.309 e. The fraction of sp³-hybridized carbons (Fsp3) is 0.364. The van der Waals surface area contributed by atoms with Crippen molar-refractivity contribution in [3.05, 3.63) is 33.0 Å². The van der Waals surface area contributed by atoms with Crippen LogP contribution in [0.25, 0.3) is 0 Å². The quantitative estimate of drug-likeness (QED) is 0.860. The van der Waals surface area contributed by atoms with E-state index in [4.69, 9.17) is 16.7 Å². The Morgan fingerprint density at radius 1 is 1.56 bits per heavy atom. The number of carboxylic acid groups (broad SMARTS) is 1. The van der Waals surface area contributed by atoms with Crippen LogP contribution in [0, 0.1) is 11.2 Å². The summed E-state index contributed by atoms with van der Waals surface area (Å²) in [5, 5.41) is 8.98. The van der Waals surface area contributed by atoms with E-state index in [9.17, 15) is 9.18 Å². The summed E-state index contributed by atoms with van der Waals surface area (Å²) in [7, 11) is 0. The van der Waals surface area contributed by atoms with Gasteiger partial charge in [0.25, 0.3) is 0 Å². The van der Waals surface area contributed by atoms with Gasteiger partial charge in [0.1, 0.15) is 5.82 Å². The van der Waals surface area contributed by atoms with Crippen molar-refractivity contribution in [2.45, 2.75) is 20.3 Å². The second kappa shape index (κ2) is 4.72. The Labute approximate surface area is 107 Å². The van der Waals surface area contributed by atoms with Gasteiger partial charge in [0, 0.05) is 10.0 Å². The fourth-order valence-electron chi connectivity index (χ4n) is 1.25. The van der Waals surface area contributed by atoms with Gasteiger partial charge in [-0.05, 0) is 32.4 Å². The molecule has 0 atom stereocenters. The van der Waals surface area contributed by atoms with E-state index in [1.807, 2.05) is 0 Å². The van der Waals surface area contributed by atoms with Gasteiger partial charge >= 0.3 is 5.97 Å². The Morgan fingerprint density at radius 3 is 2.62 bits per heavy atom. The van der Waals surface area contributed by atoms with Crippen LogP contribution in [-0.4, -0.2) is 11.1 Å². The number of hydrogen-bond donors (Lipinski definition) is 1. The van der Waals surface area contributed by atoms with E-state index in [0.29, 0.717) is 10.0 Å². The van der Waals surface area contributed by atoms with Gasteiger partial charge in [0.15, 0.2) is 0 Å². The maximum atomic E-state index is 13.7. The van der Waals surface area contributed by atoms with Gasteiger partial charge in [-0.2, -0.15) is 0 Å². The lowest BCUT2D eigenvalue weighted by Crippen LogP contribution is -2.26. The number of rotatable bonds is 3. The van der Waals surface area contributed by atoms with Gasteiger partial charge in [0.2, 0.25) is 0 Å². The molecule has 0 bridgehead atoms. The summed E-state index contributed by atoms with van der Waals surface area (Å²) in [6.07, 6.45) is 0.0787.